The molecule has 1 saturated heterocycles. The number of fused-ring (bicyclic) bond motifs is 3. The number of nitrogens with zero attached hydrogens (tertiary/aromatic N) is 5. The molecule has 1 atom stereocenters. The summed E-state index contributed by atoms with van der Waals surface area (Å²) in [5.41, 5.74) is 1.23. The number of nitrogens with one attached hydrogen (secondary N) is 1. The van der Waals surface area contributed by atoms with Crippen molar-refractivity contribution in [2.24, 2.45) is 0 Å². The Kier molecular flexibility index (Phi) is 7.74. The lowest BCUT2D eigenvalue weighted by molar-refractivity contribution is 0.0196. The lowest BCUT2D eigenvalue weighted by Gasteiger charge is -2.33. The van der Waals surface area contributed by atoms with Crippen LogP contribution in [-0.4, -0.2) is 70.6 Å². The first-order valence-electron chi connectivity index (χ1n) is 13.5. The minimum atomic E-state index is -0.589. The van der Waals surface area contributed by atoms with E-state index < -0.39 is 11.4 Å². The fourth-order valence-electron chi connectivity index (χ4n) is 4.92. The number of benzene rings is 2. The molecule has 2 aromatic heterocycles. The fraction of sp³-hybridized carbons (Fsp3) is 0.448. The van der Waals surface area contributed by atoms with E-state index in [0.29, 0.717) is 59.5 Å². The monoisotopic (exact) mass is 566 g/mol. The van der Waals surface area contributed by atoms with Crippen molar-refractivity contribution in [1.82, 2.24) is 24.5 Å². The lowest BCUT2D eigenvalue weighted by Crippen LogP contribution is -2.42. The Bertz CT molecular complexity index is 1580. The molecule has 1 fully saturated rings. The normalized spacial score (nSPS) is 15.7. The quantitative estimate of drug-likeness (QED) is 0.324. The van der Waals surface area contributed by atoms with Crippen LogP contribution >= 0.6 is 0 Å². The molecule has 1 amide bonds. The van der Waals surface area contributed by atoms with Crippen LogP contribution in [0.5, 0.6) is 17.2 Å². The summed E-state index contributed by atoms with van der Waals surface area (Å²) >= 11 is 0. The van der Waals surface area contributed by atoms with Gasteiger partial charge in [0.1, 0.15) is 17.1 Å². The summed E-state index contributed by atoms with van der Waals surface area (Å²) in [5.74, 6) is 1.74. The van der Waals surface area contributed by atoms with Crippen molar-refractivity contribution in [2.45, 2.75) is 51.7 Å². The van der Waals surface area contributed by atoms with E-state index in [9.17, 15) is 9.18 Å². The zero-order chi connectivity index (χ0) is 29.3. The van der Waals surface area contributed by atoms with Gasteiger partial charge in [-0.25, -0.2) is 19.2 Å². The molecule has 1 unspecified atom stereocenters. The summed E-state index contributed by atoms with van der Waals surface area (Å²) in [6.07, 6.45) is 1.23. The van der Waals surface area contributed by atoms with Gasteiger partial charge in [-0.15, -0.1) is 5.10 Å². The number of amides is 1. The first-order valence-corrected chi connectivity index (χ1v) is 13.5. The van der Waals surface area contributed by atoms with E-state index in [0.717, 1.165) is 18.4 Å². The Balaban J connectivity index is 1.53. The summed E-state index contributed by atoms with van der Waals surface area (Å²) in [6, 6.07) is 8.47. The number of ether oxygens (including phenoxy) is 4. The minimum absolute atomic E-state index is 0.0807. The molecular weight excluding hydrogens is 531 g/mol. The van der Waals surface area contributed by atoms with Gasteiger partial charge in [-0.3, -0.25) is 0 Å². The van der Waals surface area contributed by atoms with Crippen molar-refractivity contribution in [3.05, 3.63) is 47.5 Å². The van der Waals surface area contributed by atoms with Gasteiger partial charge < -0.3 is 29.2 Å². The van der Waals surface area contributed by atoms with E-state index in [-0.39, 0.29) is 17.8 Å². The number of piperidine rings is 1. The lowest BCUT2D eigenvalue weighted by atomic mass is 9.98. The van der Waals surface area contributed by atoms with E-state index in [2.05, 4.69) is 5.32 Å². The highest BCUT2D eigenvalue weighted by Crippen LogP contribution is 2.32. The van der Waals surface area contributed by atoms with Gasteiger partial charge in [0.15, 0.2) is 23.0 Å². The number of rotatable bonds is 7. The molecule has 0 bridgehead atoms. The molecule has 2 aromatic carbocycles. The summed E-state index contributed by atoms with van der Waals surface area (Å²) in [5, 5.41) is 8.64. The number of hydrogen-bond donors (Lipinski definition) is 1. The molecule has 1 aliphatic rings. The molecule has 41 heavy (non-hydrogen) atoms. The number of aromatic nitrogens is 4. The van der Waals surface area contributed by atoms with Crippen LogP contribution in [0.2, 0.25) is 0 Å². The summed E-state index contributed by atoms with van der Waals surface area (Å²) in [6.45, 7) is 6.93. The zero-order valence-electron chi connectivity index (χ0n) is 24.2. The molecule has 4 aromatic rings. The Hall–Kier alpha value is -4.35. The van der Waals surface area contributed by atoms with Crippen LogP contribution in [0.25, 0.3) is 16.6 Å². The molecule has 3 heterocycles. The fourth-order valence-corrected chi connectivity index (χ4v) is 4.92. The standard InChI is InChI=1S/C29H35FN6O5/c1-29(2,3)41-28(37)35-11-7-8-18(16-35)25-33-26-20-13-21(30)24(40-6)14-22(20)32-27(36(26)34-25)31-15-17-9-10-19(38-4)12-23(17)39-5/h9-10,12-14,18H,7-8,11,15-16H2,1-6H3,(H,31,32). The third-order valence-electron chi connectivity index (χ3n) is 6.93. The van der Waals surface area contributed by atoms with Gasteiger partial charge in [0.05, 0.1) is 26.8 Å². The first-order chi connectivity index (χ1) is 19.6. The van der Waals surface area contributed by atoms with Crippen molar-refractivity contribution < 1.29 is 28.1 Å². The average molecular weight is 567 g/mol. The molecule has 1 aliphatic heterocycles. The Morgan fingerprint density at radius 2 is 1.85 bits per heavy atom. The van der Waals surface area contributed by atoms with Crippen molar-refractivity contribution >= 4 is 28.6 Å². The molecule has 0 spiro atoms. The molecule has 11 nitrogen and oxygen atoms in total. The Morgan fingerprint density at radius 3 is 2.56 bits per heavy atom. The second-order valence-electron chi connectivity index (χ2n) is 10.9. The second-order valence-corrected chi connectivity index (χ2v) is 10.9. The van der Waals surface area contributed by atoms with E-state index in [1.165, 1.54) is 13.2 Å². The van der Waals surface area contributed by atoms with Gasteiger partial charge in [-0.1, -0.05) is 0 Å². The molecule has 12 heteroatoms. The minimum Gasteiger partial charge on any atom is -0.497 e. The third-order valence-corrected chi connectivity index (χ3v) is 6.93. The molecule has 5 rings (SSSR count). The van der Waals surface area contributed by atoms with Crippen LogP contribution in [0.15, 0.2) is 30.3 Å². The Morgan fingerprint density at radius 1 is 1.07 bits per heavy atom. The van der Waals surface area contributed by atoms with Crippen LogP contribution in [0.1, 0.15) is 50.9 Å². The van der Waals surface area contributed by atoms with Crippen molar-refractivity contribution in [2.75, 3.05) is 39.7 Å². The SMILES string of the molecule is COc1ccc(CNc2nc3cc(OC)c(F)cc3c3nc(C4CCCN(C(=O)OC(C)(C)C)C4)nn23)c(OC)c1. The second kappa shape index (κ2) is 11.3. The highest BCUT2D eigenvalue weighted by molar-refractivity contribution is 5.93. The maximum absolute atomic E-state index is 14.8. The van der Waals surface area contributed by atoms with Crippen LogP contribution in [-0.2, 0) is 11.3 Å². The predicted molar refractivity (Wildman–Crippen MR) is 151 cm³/mol. The number of carbonyl (C=O) groups excluding carboxylic acids is 1. The highest BCUT2D eigenvalue weighted by atomic mass is 19.1. The zero-order valence-corrected chi connectivity index (χ0v) is 24.2. The van der Waals surface area contributed by atoms with E-state index in [1.807, 2.05) is 32.9 Å². The molecule has 218 valence electrons. The maximum atomic E-state index is 14.8. The van der Waals surface area contributed by atoms with Gasteiger partial charge in [-0.05, 0) is 51.8 Å². The maximum Gasteiger partial charge on any atom is 0.410 e. The van der Waals surface area contributed by atoms with Crippen molar-refractivity contribution in [3.63, 3.8) is 0 Å². The average Bonchev–Trinajstić information content (AvgIpc) is 3.41. The molecule has 0 aliphatic carbocycles. The number of halogens is 1. The van der Waals surface area contributed by atoms with Gasteiger partial charge >= 0.3 is 6.09 Å². The molecule has 0 saturated carbocycles. The summed E-state index contributed by atoms with van der Waals surface area (Å²) < 4.78 is 38.0. The van der Waals surface area contributed by atoms with Gasteiger partial charge in [0, 0.05) is 48.6 Å². The van der Waals surface area contributed by atoms with Crippen LogP contribution < -0.4 is 19.5 Å². The van der Waals surface area contributed by atoms with Crippen molar-refractivity contribution in [3.8, 4) is 17.2 Å². The van der Waals surface area contributed by atoms with Gasteiger partial charge in [0.25, 0.3) is 0 Å². The summed E-state index contributed by atoms with van der Waals surface area (Å²) in [4.78, 5) is 24.1. The molecule has 0 radical (unpaired) electrons. The van der Waals surface area contributed by atoms with Crippen LogP contribution in [0.3, 0.4) is 0 Å². The smallest absolute Gasteiger partial charge is 0.410 e. The Labute approximate surface area is 237 Å². The third kappa shape index (κ3) is 5.91. The number of likely N-dealkylation sites (tertiary alicyclic amines) is 1. The number of carbonyl (C=O) groups is 1. The number of methoxy groups -OCH3 is 3. The number of hydrogen-bond acceptors (Lipinski definition) is 9. The number of anilines is 1. The van der Waals surface area contributed by atoms with Crippen molar-refractivity contribution in [1.29, 1.82) is 0 Å². The molecule has 1 N–H and O–H groups in total. The summed E-state index contributed by atoms with van der Waals surface area (Å²) in [7, 11) is 4.60. The highest BCUT2D eigenvalue weighted by Gasteiger charge is 2.31. The van der Waals surface area contributed by atoms with E-state index in [1.54, 1.807) is 35.8 Å². The van der Waals surface area contributed by atoms with E-state index >= 15 is 0 Å². The van der Waals surface area contributed by atoms with E-state index in [4.69, 9.17) is 34.0 Å². The van der Waals surface area contributed by atoms with Gasteiger partial charge in [0.2, 0.25) is 5.95 Å². The predicted octanol–water partition coefficient (Wildman–Crippen LogP) is 5.17. The topological polar surface area (TPSA) is 112 Å². The molecular formula is C29H35FN6O5. The first kappa shape index (κ1) is 28.2. The van der Waals surface area contributed by atoms with Gasteiger partial charge in [-0.2, -0.15) is 4.52 Å². The van der Waals surface area contributed by atoms with Crippen LogP contribution in [0, 0.1) is 5.82 Å². The van der Waals surface area contributed by atoms with Crippen LogP contribution in [0.4, 0.5) is 15.1 Å². The largest absolute Gasteiger partial charge is 0.497 e.